The highest BCUT2D eigenvalue weighted by atomic mass is 19.4. The normalized spacial score (nSPS) is 20.2. The van der Waals surface area contributed by atoms with Crippen LogP contribution in [0.2, 0.25) is 0 Å². The lowest BCUT2D eigenvalue weighted by atomic mass is 9.93. The number of alkyl halides is 3. The number of halogens is 3. The number of ether oxygens (including phenoxy) is 1. The van der Waals surface area contributed by atoms with Gasteiger partial charge in [0.25, 0.3) is 0 Å². The number of aliphatic hydroxyl groups is 1. The molecular weight excluding hydrogens is 363 g/mol. The Morgan fingerprint density at radius 3 is 2.37 bits per heavy atom. The van der Waals surface area contributed by atoms with Crippen LogP contribution >= 0.6 is 0 Å². The minimum Gasteiger partial charge on any atom is -0.481 e. The smallest absolute Gasteiger partial charge is 0.419 e. The zero-order valence-electron chi connectivity index (χ0n) is 14.6. The van der Waals surface area contributed by atoms with Crippen molar-refractivity contribution in [2.24, 2.45) is 0 Å². The molecule has 7 nitrogen and oxygen atoms in total. The third-order valence-corrected chi connectivity index (χ3v) is 4.29. The van der Waals surface area contributed by atoms with Crippen LogP contribution in [0.5, 0.6) is 5.88 Å². The predicted molar refractivity (Wildman–Crippen MR) is 93.0 cm³/mol. The second-order valence-electron chi connectivity index (χ2n) is 6.35. The maximum Gasteiger partial charge on any atom is 0.419 e. The van der Waals surface area contributed by atoms with Crippen LogP contribution < -0.4 is 15.4 Å². The summed E-state index contributed by atoms with van der Waals surface area (Å²) in [6, 6.07) is 3.48. The molecule has 0 saturated heterocycles. The SMILES string of the molecule is COc1cc(Nc2ncc(C(F)(F)F)cn2)cc(NC2CCC(O)CC2)n1. The first-order valence-electron chi connectivity index (χ1n) is 8.50. The lowest BCUT2D eigenvalue weighted by molar-refractivity contribution is -0.138. The Kier molecular flexibility index (Phi) is 5.64. The van der Waals surface area contributed by atoms with Gasteiger partial charge in [0, 0.05) is 36.3 Å². The van der Waals surface area contributed by atoms with Gasteiger partial charge in [-0.25, -0.2) is 9.97 Å². The number of anilines is 3. The Morgan fingerprint density at radius 2 is 1.78 bits per heavy atom. The molecule has 0 unspecified atom stereocenters. The summed E-state index contributed by atoms with van der Waals surface area (Å²) >= 11 is 0. The lowest BCUT2D eigenvalue weighted by Gasteiger charge is -2.26. The van der Waals surface area contributed by atoms with Gasteiger partial charge in [0.2, 0.25) is 11.8 Å². The monoisotopic (exact) mass is 383 g/mol. The van der Waals surface area contributed by atoms with E-state index in [2.05, 4.69) is 25.6 Å². The van der Waals surface area contributed by atoms with Crippen molar-refractivity contribution in [2.75, 3.05) is 17.7 Å². The molecule has 1 fully saturated rings. The average molecular weight is 383 g/mol. The standard InChI is InChI=1S/C17H20F3N5O2/c1-27-15-7-12(24-16-21-8-10(9-22-16)17(18,19)20)6-14(25-15)23-11-2-4-13(26)5-3-11/h6-9,11,13,26H,2-5H2,1H3,(H2,21,22,23,24,25). The number of aliphatic hydroxyl groups excluding tert-OH is 1. The summed E-state index contributed by atoms with van der Waals surface area (Å²) in [6.07, 6.45) is -0.187. The van der Waals surface area contributed by atoms with Crippen molar-refractivity contribution >= 4 is 17.5 Å². The molecule has 0 aromatic carbocycles. The first-order chi connectivity index (χ1) is 12.8. The first-order valence-corrected chi connectivity index (χ1v) is 8.50. The van der Waals surface area contributed by atoms with Gasteiger partial charge in [-0.1, -0.05) is 0 Å². The Labute approximate surface area is 154 Å². The molecule has 0 atom stereocenters. The zero-order valence-corrected chi connectivity index (χ0v) is 14.6. The van der Waals surface area contributed by atoms with Crippen LogP contribution in [0.3, 0.4) is 0 Å². The van der Waals surface area contributed by atoms with Crippen molar-refractivity contribution in [1.82, 2.24) is 15.0 Å². The molecule has 1 aliphatic carbocycles. The number of hydrogen-bond acceptors (Lipinski definition) is 7. The van der Waals surface area contributed by atoms with Crippen LogP contribution in [0.15, 0.2) is 24.5 Å². The minimum absolute atomic E-state index is 0.0305. The topological polar surface area (TPSA) is 92.2 Å². The van der Waals surface area contributed by atoms with E-state index in [1.54, 1.807) is 12.1 Å². The van der Waals surface area contributed by atoms with E-state index < -0.39 is 11.7 Å². The van der Waals surface area contributed by atoms with E-state index in [-0.39, 0.29) is 18.1 Å². The van der Waals surface area contributed by atoms with Crippen molar-refractivity contribution in [1.29, 1.82) is 0 Å². The summed E-state index contributed by atoms with van der Waals surface area (Å²) in [5.74, 6) is 0.929. The van der Waals surface area contributed by atoms with Crippen molar-refractivity contribution in [2.45, 2.75) is 44.0 Å². The van der Waals surface area contributed by atoms with E-state index >= 15 is 0 Å². The summed E-state index contributed by atoms with van der Waals surface area (Å²) in [4.78, 5) is 11.7. The van der Waals surface area contributed by atoms with E-state index in [0.717, 1.165) is 38.1 Å². The van der Waals surface area contributed by atoms with Crippen LogP contribution in [-0.4, -0.2) is 39.3 Å². The molecule has 0 amide bonds. The van der Waals surface area contributed by atoms with Crippen LogP contribution in [0.25, 0.3) is 0 Å². The van der Waals surface area contributed by atoms with E-state index in [1.807, 2.05) is 0 Å². The second kappa shape index (κ2) is 7.95. The molecule has 1 aliphatic rings. The van der Waals surface area contributed by atoms with Gasteiger partial charge in [0.05, 0.1) is 18.8 Å². The molecule has 146 valence electrons. The fourth-order valence-corrected chi connectivity index (χ4v) is 2.85. The molecule has 0 bridgehead atoms. The molecule has 1 saturated carbocycles. The van der Waals surface area contributed by atoms with Gasteiger partial charge in [-0.3, -0.25) is 0 Å². The summed E-state index contributed by atoms with van der Waals surface area (Å²) in [6.45, 7) is 0. The third-order valence-electron chi connectivity index (χ3n) is 4.29. The summed E-state index contributed by atoms with van der Waals surface area (Å²) in [7, 11) is 1.47. The first kappa shape index (κ1) is 19.2. The molecule has 10 heteroatoms. The maximum atomic E-state index is 12.6. The lowest BCUT2D eigenvalue weighted by Crippen LogP contribution is -2.28. The van der Waals surface area contributed by atoms with Crippen LogP contribution in [0.4, 0.5) is 30.6 Å². The van der Waals surface area contributed by atoms with Gasteiger partial charge >= 0.3 is 6.18 Å². The Balaban J connectivity index is 1.73. The Bertz CT molecular complexity index is 762. The van der Waals surface area contributed by atoms with Crippen molar-refractivity contribution in [3.05, 3.63) is 30.1 Å². The number of rotatable bonds is 5. The molecule has 2 aromatic rings. The highest BCUT2D eigenvalue weighted by molar-refractivity contribution is 5.60. The number of methoxy groups -OCH3 is 1. The molecule has 0 aliphatic heterocycles. The highest BCUT2D eigenvalue weighted by Crippen LogP contribution is 2.29. The number of aromatic nitrogens is 3. The zero-order chi connectivity index (χ0) is 19.4. The molecule has 27 heavy (non-hydrogen) atoms. The van der Waals surface area contributed by atoms with Crippen molar-refractivity contribution in [3.63, 3.8) is 0 Å². The maximum absolute atomic E-state index is 12.6. The van der Waals surface area contributed by atoms with Crippen LogP contribution in [0.1, 0.15) is 31.2 Å². The second-order valence-corrected chi connectivity index (χ2v) is 6.35. The predicted octanol–water partition coefficient (Wildman–Crippen LogP) is 3.36. The van der Waals surface area contributed by atoms with Gasteiger partial charge < -0.3 is 20.5 Å². The number of pyridine rings is 1. The van der Waals surface area contributed by atoms with Gasteiger partial charge in [0.15, 0.2) is 0 Å². The minimum atomic E-state index is -4.48. The Morgan fingerprint density at radius 1 is 1.11 bits per heavy atom. The van der Waals surface area contributed by atoms with E-state index in [0.29, 0.717) is 17.4 Å². The molecule has 0 radical (unpaired) electrons. The van der Waals surface area contributed by atoms with E-state index in [9.17, 15) is 18.3 Å². The molecular formula is C17H20F3N5O2. The fourth-order valence-electron chi connectivity index (χ4n) is 2.85. The summed E-state index contributed by atoms with van der Waals surface area (Å²) in [5.41, 5.74) is -0.387. The largest absolute Gasteiger partial charge is 0.481 e. The van der Waals surface area contributed by atoms with Gasteiger partial charge in [-0.05, 0) is 25.7 Å². The third kappa shape index (κ3) is 5.19. The number of nitrogens with one attached hydrogen (secondary N) is 2. The summed E-state index contributed by atoms with van der Waals surface area (Å²) < 4.78 is 43.0. The average Bonchev–Trinajstić information content (AvgIpc) is 2.63. The summed E-state index contributed by atoms with van der Waals surface area (Å²) in [5, 5.41) is 15.7. The van der Waals surface area contributed by atoms with E-state index in [4.69, 9.17) is 4.74 Å². The van der Waals surface area contributed by atoms with Crippen LogP contribution in [-0.2, 0) is 6.18 Å². The molecule has 2 aromatic heterocycles. The van der Waals surface area contributed by atoms with Crippen molar-refractivity contribution < 1.29 is 23.0 Å². The van der Waals surface area contributed by atoms with Gasteiger partial charge in [-0.2, -0.15) is 18.2 Å². The molecule has 0 spiro atoms. The number of nitrogens with zero attached hydrogens (tertiary/aromatic N) is 3. The van der Waals surface area contributed by atoms with Crippen molar-refractivity contribution in [3.8, 4) is 5.88 Å². The fraction of sp³-hybridized carbons (Fsp3) is 0.471. The van der Waals surface area contributed by atoms with Crippen LogP contribution in [0, 0.1) is 0 Å². The highest BCUT2D eigenvalue weighted by Gasteiger charge is 2.31. The van der Waals surface area contributed by atoms with Gasteiger partial charge in [-0.15, -0.1) is 0 Å². The Hall–Kier alpha value is -2.62. The van der Waals surface area contributed by atoms with E-state index in [1.165, 1.54) is 7.11 Å². The quantitative estimate of drug-likeness (QED) is 0.729. The molecule has 3 N–H and O–H groups in total. The van der Waals surface area contributed by atoms with Gasteiger partial charge in [0.1, 0.15) is 5.82 Å². The molecule has 2 heterocycles. The number of hydrogen-bond donors (Lipinski definition) is 3. The molecule has 3 rings (SSSR count).